The minimum atomic E-state index is -3.54. The van der Waals surface area contributed by atoms with Crippen molar-refractivity contribution in [3.05, 3.63) is 0 Å². The second-order valence-electron chi connectivity index (χ2n) is 5.68. The number of hydrogen-bond acceptors (Lipinski definition) is 4. The molecule has 1 aliphatic carbocycles. The lowest BCUT2D eigenvalue weighted by molar-refractivity contribution is -0.104. The molecule has 0 bridgehead atoms. The van der Waals surface area contributed by atoms with Gasteiger partial charge in [-0.15, -0.1) is 0 Å². The highest BCUT2D eigenvalue weighted by atomic mass is 32.2. The lowest BCUT2D eigenvalue weighted by Gasteiger charge is -2.25. The van der Waals surface area contributed by atoms with Crippen molar-refractivity contribution >= 4 is 10.0 Å². The third-order valence-electron chi connectivity index (χ3n) is 3.86. The Balaban J connectivity index is 2.41. The van der Waals surface area contributed by atoms with Crippen LogP contribution in [0.1, 0.15) is 51.4 Å². The van der Waals surface area contributed by atoms with Gasteiger partial charge in [0.1, 0.15) is 6.67 Å². The largest absolute Gasteiger partial charge is 0.330 e. The van der Waals surface area contributed by atoms with Crippen LogP contribution in [-0.4, -0.2) is 45.0 Å². The minimum absolute atomic E-state index is 0.00231. The molecular weight excluding hydrogens is 295 g/mol. The molecule has 0 amide bonds. The molecule has 7 heteroatoms. The van der Waals surface area contributed by atoms with Crippen molar-refractivity contribution in [1.29, 1.82) is 0 Å². The van der Waals surface area contributed by atoms with E-state index in [1.807, 2.05) is 0 Å². The quantitative estimate of drug-likeness (QED) is 0.467. The van der Waals surface area contributed by atoms with E-state index in [2.05, 4.69) is 0 Å². The van der Waals surface area contributed by atoms with Gasteiger partial charge in [-0.05, 0) is 38.1 Å². The first kappa shape index (κ1) is 18.8. The van der Waals surface area contributed by atoms with Crippen LogP contribution >= 0.6 is 0 Å². The van der Waals surface area contributed by atoms with Crippen LogP contribution in [0.15, 0.2) is 0 Å². The molecule has 0 unspecified atom stereocenters. The molecule has 1 aliphatic rings. The first-order valence-corrected chi connectivity index (χ1v) is 9.60. The average Bonchev–Trinajstić information content (AvgIpc) is 2.49. The zero-order chi connectivity index (χ0) is 15.6. The number of alkyl halides is 1. The molecule has 0 heterocycles. The number of halogens is 1. The molecule has 126 valence electrons. The lowest BCUT2D eigenvalue weighted by Crippen LogP contribution is -2.36. The van der Waals surface area contributed by atoms with Gasteiger partial charge in [0.25, 0.3) is 0 Å². The van der Waals surface area contributed by atoms with Gasteiger partial charge in [-0.2, -0.15) is 0 Å². The maximum absolute atomic E-state index is 12.6. The summed E-state index contributed by atoms with van der Waals surface area (Å²) in [4.78, 5) is 5.42. The van der Waals surface area contributed by atoms with E-state index in [1.165, 1.54) is 19.3 Å². The van der Waals surface area contributed by atoms with Crippen LogP contribution in [0.2, 0.25) is 0 Å². The highest BCUT2D eigenvalue weighted by Crippen LogP contribution is 2.24. The van der Waals surface area contributed by atoms with Crippen molar-refractivity contribution in [2.24, 2.45) is 11.7 Å². The van der Waals surface area contributed by atoms with Crippen LogP contribution in [0.25, 0.3) is 0 Å². The highest BCUT2D eigenvalue weighted by molar-refractivity contribution is 7.88. The number of rotatable bonds is 11. The Hall–Kier alpha value is -0.240. The molecule has 0 radical (unpaired) electrons. The molecule has 0 aliphatic heterocycles. The number of sulfonamides is 1. The van der Waals surface area contributed by atoms with E-state index in [4.69, 9.17) is 10.6 Å². The van der Waals surface area contributed by atoms with Crippen molar-refractivity contribution in [3.8, 4) is 0 Å². The standard InChI is InChI=1S/C14H29FN2O3S/c15-9-11-17(20-13-14-7-3-1-4-8-14)21(18,19)12-6-2-5-10-16/h14H,1-13,16H2. The van der Waals surface area contributed by atoms with E-state index in [0.717, 1.165) is 30.2 Å². The third-order valence-corrected chi connectivity index (χ3v) is 5.58. The second-order valence-corrected chi connectivity index (χ2v) is 7.66. The molecule has 21 heavy (non-hydrogen) atoms. The molecule has 1 rings (SSSR count). The highest BCUT2D eigenvalue weighted by Gasteiger charge is 2.24. The number of hydroxylamine groups is 1. The molecule has 0 spiro atoms. The molecule has 0 aromatic carbocycles. The molecular formula is C14H29FN2O3S. The summed E-state index contributed by atoms with van der Waals surface area (Å²) in [6.07, 6.45) is 7.83. The van der Waals surface area contributed by atoms with E-state index >= 15 is 0 Å². The van der Waals surface area contributed by atoms with Gasteiger partial charge in [-0.25, -0.2) is 12.8 Å². The van der Waals surface area contributed by atoms with Gasteiger partial charge in [0, 0.05) is 0 Å². The zero-order valence-corrected chi connectivity index (χ0v) is 13.6. The molecule has 1 fully saturated rings. The first-order valence-electron chi connectivity index (χ1n) is 7.99. The fraction of sp³-hybridized carbons (Fsp3) is 1.00. The van der Waals surface area contributed by atoms with Gasteiger partial charge in [0.05, 0.1) is 18.9 Å². The predicted molar refractivity (Wildman–Crippen MR) is 81.9 cm³/mol. The van der Waals surface area contributed by atoms with Gasteiger partial charge < -0.3 is 5.73 Å². The average molecular weight is 324 g/mol. The molecule has 0 aromatic heterocycles. The summed E-state index contributed by atoms with van der Waals surface area (Å²) < 4.78 is 37.8. The van der Waals surface area contributed by atoms with Gasteiger partial charge in [0.2, 0.25) is 10.0 Å². The Morgan fingerprint density at radius 2 is 1.86 bits per heavy atom. The van der Waals surface area contributed by atoms with Crippen LogP contribution < -0.4 is 5.73 Å². The fourth-order valence-corrected chi connectivity index (χ4v) is 3.94. The molecule has 0 atom stereocenters. The van der Waals surface area contributed by atoms with Gasteiger partial charge in [-0.1, -0.05) is 30.2 Å². The summed E-state index contributed by atoms with van der Waals surface area (Å²) >= 11 is 0. The second kappa shape index (κ2) is 10.5. The van der Waals surface area contributed by atoms with E-state index in [1.54, 1.807) is 0 Å². The number of unbranched alkanes of at least 4 members (excludes halogenated alkanes) is 2. The van der Waals surface area contributed by atoms with E-state index in [-0.39, 0.29) is 12.3 Å². The summed E-state index contributed by atoms with van der Waals surface area (Å²) in [5, 5.41) is 0. The molecule has 2 N–H and O–H groups in total. The normalized spacial score (nSPS) is 17.5. The molecule has 0 saturated heterocycles. The third kappa shape index (κ3) is 7.54. The SMILES string of the molecule is NCCCCCS(=O)(=O)N(CCF)OCC1CCCCC1. The van der Waals surface area contributed by atoms with E-state index in [9.17, 15) is 12.8 Å². The Kier molecular flexibility index (Phi) is 9.39. The number of nitrogens with zero attached hydrogens (tertiary/aromatic N) is 1. The van der Waals surface area contributed by atoms with E-state index < -0.39 is 16.7 Å². The molecule has 0 aromatic rings. The molecule has 5 nitrogen and oxygen atoms in total. The van der Waals surface area contributed by atoms with Crippen LogP contribution in [0, 0.1) is 5.92 Å². The van der Waals surface area contributed by atoms with Crippen molar-refractivity contribution in [3.63, 3.8) is 0 Å². The van der Waals surface area contributed by atoms with Crippen molar-refractivity contribution < 1.29 is 17.6 Å². The van der Waals surface area contributed by atoms with Gasteiger partial charge in [-0.3, -0.25) is 4.84 Å². The summed E-state index contributed by atoms with van der Waals surface area (Å²) in [7, 11) is -3.54. The van der Waals surface area contributed by atoms with Crippen LogP contribution in [0.3, 0.4) is 0 Å². The van der Waals surface area contributed by atoms with Crippen LogP contribution in [0.5, 0.6) is 0 Å². The van der Waals surface area contributed by atoms with Gasteiger partial charge >= 0.3 is 0 Å². The van der Waals surface area contributed by atoms with Crippen molar-refractivity contribution in [1.82, 2.24) is 4.47 Å². The zero-order valence-electron chi connectivity index (χ0n) is 12.8. The summed E-state index contributed by atoms with van der Waals surface area (Å²) in [5.41, 5.74) is 5.38. The van der Waals surface area contributed by atoms with E-state index in [0.29, 0.717) is 25.5 Å². The molecule has 1 saturated carbocycles. The van der Waals surface area contributed by atoms with Gasteiger partial charge in [0.15, 0.2) is 0 Å². The maximum atomic E-state index is 12.6. The maximum Gasteiger partial charge on any atom is 0.236 e. The number of hydrogen-bond donors (Lipinski definition) is 1. The summed E-state index contributed by atoms with van der Waals surface area (Å²) in [6.45, 7) is -0.00685. The predicted octanol–water partition coefficient (Wildman–Crippen LogP) is 2.23. The lowest BCUT2D eigenvalue weighted by atomic mass is 9.90. The topological polar surface area (TPSA) is 72.6 Å². The smallest absolute Gasteiger partial charge is 0.236 e. The summed E-state index contributed by atoms with van der Waals surface area (Å²) in [6, 6.07) is 0. The minimum Gasteiger partial charge on any atom is -0.330 e. The Labute approximate surface area is 128 Å². The van der Waals surface area contributed by atoms with Crippen LogP contribution in [-0.2, 0) is 14.9 Å². The first-order chi connectivity index (χ1) is 10.1. The Bertz CT molecular complexity index is 359. The van der Waals surface area contributed by atoms with Crippen LogP contribution in [0.4, 0.5) is 4.39 Å². The monoisotopic (exact) mass is 324 g/mol. The van der Waals surface area contributed by atoms with Crippen molar-refractivity contribution in [2.75, 3.05) is 32.1 Å². The van der Waals surface area contributed by atoms with Crippen molar-refractivity contribution in [2.45, 2.75) is 51.4 Å². The fourth-order valence-electron chi connectivity index (χ4n) is 2.60. The Morgan fingerprint density at radius 1 is 1.14 bits per heavy atom. The summed E-state index contributed by atoms with van der Waals surface area (Å²) in [5.74, 6) is 0.394. The Morgan fingerprint density at radius 3 is 2.48 bits per heavy atom. The number of nitrogens with two attached hydrogens (primary N) is 1.